The first-order valence-corrected chi connectivity index (χ1v) is 11.5. The number of carbonyl (C=O) groups is 3. The van der Waals surface area contributed by atoms with E-state index in [1.807, 2.05) is 6.92 Å². The molecule has 0 aromatic heterocycles. The van der Waals surface area contributed by atoms with Crippen molar-refractivity contribution in [3.05, 3.63) is 0 Å². The normalized spacial score (nSPS) is 38.0. The number of hydrogen-bond acceptors (Lipinski definition) is 5. The van der Waals surface area contributed by atoms with Crippen LogP contribution in [0.3, 0.4) is 0 Å². The first-order valence-electron chi connectivity index (χ1n) is 11.5. The van der Waals surface area contributed by atoms with Crippen molar-refractivity contribution in [1.29, 1.82) is 0 Å². The molecule has 2 unspecified atom stereocenters. The van der Waals surface area contributed by atoms with Crippen LogP contribution in [0.4, 0.5) is 0 Å². The maximum Gasteiger partial charge on any atom is 0.246 e. The summed E-state index contributed by atoms with van der Waals surface area (Å²) in [5, 5.41) is 15.1. The standard InChI is InChI=1S/C22H35N3O5/c1-21-10-11-22(30-21)16(15(21)18(27)23-2)20(29)25(12-6-7-13-26)17(22)19(28)24-14-8-4-3-5-9-14/h14-17,26H,3-13H2,1-2H3,(H,23,27)(H,24,28)/t15-,16+,17?,21+,22?/m1/s1. The summed E-state index contributed by atoms with van der Waals surface area (Å²) < 4.78 is 6.50. The molecule has 8 heteroatoms. The molecule has 3 heterocycles. The van der Waals surface area contributed by atoms with Gasteiger partial charge < -0.3 is 25.4 Å². The minimum atomic E-state index is -0.943. The summed E-state index contributed by atoms with van der Waals surface area (Å²) in [6, 6.07) is -0.577. The highest BCUT2D eigenvalue weighted by atomic mass is 16.5. The lowest BCUT2D eigenvalue weighted by Gasteiger charge is -2.35. The van der Waals surface area contributed by atoms with Crippen LogP contribution in [0.25, 0.3) is 0 Å². The molecule has 2 bridgehead atoms. The zero-order valence-electron chi connectivity index (χ0n) is 18.1. The largest absolute Gasteiger partial charge is 0.396 e. The molecule has 0 aromatic rings. The minimum Gasteiger partial charge on any atom is -0.396 e. The number of aliphatic hydroxyl groups excluding tert-OH is 1. The molecule has 30 heavy (non-hydrogen) atoms. The number of hydrogen-bond donors (Lipinski definition) is 3. The lowest BCUT2D eigenvalue weighted by Crippen LogP contribution is -2.57. The molecule has 1 aliphatic carbocycles. The van der Waals surface area contributed by atoms with Crippen LogP contribution in [0.5, 0.6) is 0 Å². The zero-order valence-corrected chi connectivity index (χ0v) is 18.1. The maximum atomic E-state index is 13.6. The second kappa shape index (κ2) is 8.11. The summed E-state index contributed by atoms with van der Waals surface area (Å²) in [7, 11) is 1.58. The van der Waals surface area contributed by atoms with Gasteiger partial charge in [-0.2, -0.15) is 0 Å². The lowest BCUT2D eigenvalue weighted by atomic mass is 9.66. The molecule has 1 spiro atoms. The van der Waals surface area contributed by atoms with Crippen LogP contribution in [0.2, 0.25) is 0 Å². The van der Waals surface area contributed by atoms with E-state index >= 15 is 0 Å². The number of nitrogens with zero attached hydrogens (tertiary/aromatic N) is 1. The Morgan fingerprint density at radius 2 is 1.90 bits per heavy atom. The molecule has 0 aromatic carbocycles. The number of aliphatic hydroxyl groups is 1. The van der Waals surface area contributed by atoms with E-state index in [4.69, 9.17) is 4.74 Å². The molecule has 4 rings (SSSR count). The van der Waals surface area contributed by atoms with Gasteiger partial charge in [0.2, 0.25) is 17.7 Å². The van der Waals surface area contributed by atoms with Gasteiger partial charge in [0.15, 0.2) is 0 Å². The van der Waals surface area contributed by atoms with Crippen LogP contribution in [-0.4, -0.2) is 71.2 Å². The summed E-state index contributed by atoms with van der Waals surface area (Å²) in [5.41, 5.74) is -1.66. The summed E-state index contributed by atoms with van der Waals surface area (Å²) in [6.07, 6.45) is 7.78. The van der Waals surface area contributed by atoms with Crippen molar-refractivity contribution >= 4 is 17.7 Å². The average Bonchev–Trinajstić information content (AvgIpc) is 3.29. The van der Waals surface area contributed by atoms with Crippen LogP contribution in [0, 0.1) is 11.8 Å². The fraction of sp³-hybridized carbons (Fsp3) is 0.864. The molecule has 1 saturated carbocycles. The number of likely N-dealkylation sites (tertiary alicyclic amines) is 1. The highest BCUT2D eigenvalue weighted by Crippen LogP contribution is 2.63. The highest BCUT2D eigenvalue weighted by molar-refractivity contribution is 5.99. The molecule has 5 atom stereocenters. The second-order valence-electron chi connectivity index (χ2n) is 9.65. The summed E-state index contributed by atoms with van der Waals surface area (Å²) in [6.45, 7) is 2.34. The van der Waals surface area contributed by atoms with E-state index in [1.54, 1.807) is 11.9 Å². The molecule has 8 nitrogen and oxygen atoms in total. The fourth-order valence-electron chi connectivity index (χ4n) is 6.44. The van der Waals surface area contributed by atoms with E-state index in [0.717, 1.165) is 25.7 Å². The van der Waals surface area contributed by atoms with E-state index < -0.39 is 29.1 Å². The van der Waals surface area contributed by atoms with Gasteiger partial charge in [-0.15, -0.1) is 0 Å². The van der Waals surface area contributed by atoms with Gasteiger partial charge >= 0.3 is 0 Å². The number of nitrogens with one attached hydrogen (secondary N) is 2. The van der Waals surface area contributed by atoms with Gasteiger partial charge in [-0.05, 0) is 45.4 Å². The molecular formula is C22H35N3O5. The molecule has 3 aliphatic heterocycles. The van der Waals surface area contributed by atoms with Gasteiger partial charge in [-0.3, -0.25) is 14.4 Å². The quantitative estimate of drug-likeness (QED) is 0.525. The second-order valence-corrected chi connectivity index (χ2v) is 9.65. The number of amides is 3. The SMILES string of the molecule is CNC(=O)[C@H]1[C@H]2C(=O)N(CCCCO)C(C(=O)NC3CCCCC3)C23CC[C@]1(C)O3. The van der Waals surface area contributed by atoms with Gasteiger partial charge in [-0.1, -0.05) is 19.3 Å². The Morgan fingerprint density at radius 3 is 2.57 bits per heavy atom. The van der Waals surface area contributed by atoms with E-state index in [1.165, 1.54) is 6.42 Å². The Balaban J connectivity index is 1.65. The Morgan fingerprint density at radius 1 is 1.17 bits per heavy atom. The van der Waals surface area contributed by atoms with Gasteiger partial charge in [0.25, 0.3) is 0 Å². The third-order valence-electron chi connectivity index (χ3n) is 7.81. The molecular weight excluding hydrogens is 386 g/mol. The number of fused-ring (bicyclic) bond motifs is 1. The van der Waals surface area contributed by atoms with Crippen molar-refractivity contribution in [3.8, 4) is 0 Å². The van der Waals surface area contributed by atoms with E-state index in [0.29, 0.717) is 32.2 Å². The zero-order chi connectivity index (χ0) is 21.5. The Labute approximate surface area is 178 Å². The molecule has 4 aliphatic rings. The van der Waals surface area contributed by atoms with Crippen molar-refractivity contribution in [2.24, 2.45) is 11.8 Å². The van der Waals surface area contributed by atoms with Gasteiger partial charge in [0, 0.05) is 26.2 Å². The van der Waals surface area contributed by atoms with Crippen molar-refractivity contribution in [2.45, 2.75) is 88.0 Å². The van der Waals surface area contributed by atoms with Crippen LogP contribution in [0.15, 0.2) is 0 Å². The van der Waals surface area contributed by atoms with Crippen molar-refractivity contribution in [1.82, 2.24) is 15.5 Å². The first-order chi connectivity index (χ1) is 14.4. The molecule has 4 fully saturated rings. The van der Waals surface area contributed by atoms with Crippen molar-refractivity contribution in [3.63, 3.8) is 0 Å². The van der Waals surface area contributed by atoms with Crippen molar-refractivity contribution in [2.75, 3.05) is 20.2 Å². The van der Waals surface area contributed by atoms with Crippen LogP contribution < -0.4 is 10.6 Å². The topological polar surface area (TPSA) is 108 Å². The maximum absolute atomic E-state index is 13.6. The number of unbranched alkanes of at least 4 members (excludes halogenated alkanes) is 1. The average molecular weight is 422 g/mol. The van der Waals surface area contributed by atoms with Gasteiger partial charge in [-0.25, -0.2) is 0 Å². The third-order valence-corrected chi connectivity index (χ3v) is 7.81. The fourth-order valence-corrected chi connectivity index (χ4v) is 6.44. The highest BCUT2D eigenvalue weighted by Gasteiger charge is 2.77. The Kier molecular flexibility index (Phi) is 5.83. The van der Waals surface area contributed by atoms with Crippen LogP contribution in [-0.2, 0) is 19.1 Å². The first kappa shape index (κ1) is 21.6. The lowest BCUT2D eigenvalue weighted by molar-refractivity contribution is -0.146. The summed E-state index contributed by atoms with van der Waals surface area (Å²) >= 11 is 0. The predicted octanol–water partition coefficient (Wildman–Crippen LogP) is 0.719. The molecule has 0 radical (unpaired) electrons. The number of rotatable bonds is 7. The molecule has 3 amide bonds. The Bertz CT molecular complexity index is 709. The predicted molar refractivity (Wildman–Crippen MR) is 109 cm³/mol. The summed E-state index contributed by atoms with van der Waals surface area (Å²) in [4.78, 5) is 41.5. The van der Waals surface area contributed by atoms with E-state index in [2.05, 4.69) is 10.6 Å². The third kappa shape index (κ3) is 3.23. The van der Waals surface area contributed by atoms with Gasteiger partial charge in [0.05, 0.1) is 17.4 Å². The number of ether oxygens (including phenoxy) is 1. The van der Waals surface area contributed by atoms with Crippen molar-refractivity contribution < 1.29 is 24.2 Å². The molecule has 3 N–H and O–H groups in total. The van der Waals surface area contributed by atoms with Crippen LogP contribution >= 0.6 is 0 Å². The molecule has 168 valence electrons. The summed E-state index contributed by atoms with van der Waals surface area (Å²) in [5.74, 6) is -1.72. The van der Waals surface area contributed by atoms with E-state index in [9.17, 15) is 19.5 Å². The monoisotopic (exact) mass is 421 g/mol. The van der Waals surface area contributed by atoms with Crippen LogP contribution in [0.1, 0.15) is 64.7 Å². The Hall–Kier alpha value is -1.67. The minimum absolute atomic E-state index is 0.0466. The smallest absolute Gasteiger partial charge is 0.246 e. The van der Waals surface area contributed by atoms with Gasteiger partial charge in [0.1, 0.15) is 11.6 Å². The number of carbonyl (C=O) groups excluding carboxylic acids is 3. The van der Waals surface area contributed by atoms with E-state index in [-0.39, 0.29) is 30.4 Å². The molecule has 3 saturated heterocycles.